The van der Waals surface area contributed by atoms with Gasteiger partial charge in [-0.15, -0.1) is 0 Å². The van der Waals surface area contributed by atoms with Crippen molar-refractivity contribution >= 4 is 23.6 Å². The first kappa shape index (κ1) is 26.6. The third-order valence-corrected chi connectivity index (χ3v) is 5.06. The Kier molecular flexibility index (Phi) is 7.56. The van der Waals surface area contributed by atoms with Crippen LogP contribution in [0.15, 0.2) is 18.2 Å². The van der Waals surface area contributed by atoms with Crippen molar-refractivity contribution in [1.29, 1.82) is 0 Å². The molecule has 1 aliphatic heterocycles. The van der Waals surface area contributed by atoms with E-state index in [1.54, 1.807) is 27.7 Å². The summed E-state index contributed by atoms with van der Waals surface area (Å²) < 4.78 is 51.5. The molecule has 0 radical (unpaired) electrons. The Morgan fingerprint density at radius 3 is 2.37 bits per heavy atom. The van der Waals surface area contributed by atoms with Crippen molar-refractivity contribution in [3.63, 3.8) is 0 Å². The molecule has 0 aromatic carbocycles. The van der Waals surface area contributed by atoms with Crippen LogP contribution in [0.1, 0.15) is 48.8 Å². The van der Waals surface area contributed by atoms with E-state index in [0.29, 0.717) is 0 Å². The number of nitrogens with one attached hydrogen (secondary N) is 1. The zero-order chi connectivity index (χ0) is 26.1. The molecule has 0 spiro atoms. The Balaban J connectivity index is 2.00. The molecule has 1 N–H and O–H groups in total. The third-order valence-electron chi connectivity index (χ3n) is 4.87. The predicted octanol–water partition coefficient (Wildman–Crippen LogP) is 4.10. The summed E-state index contributed by atoms with van der Waals surface area (Å²) in [6.45, 7) is 5.54. The highest BCUT2D eigenvalue weighted by atomic mass is 35.5. The topological polar surface area (TPSA) is 107 Å². The van der Waals surface area contributed by atoms with Crippen LogP contribution in [0.5, 0.6) is 0 Å². The van der Waals surface area contributed by atoms with Crippen LogP contribution < -0.4 is 5.32 Å². The molecule has 9 nitrogen and oxygen atoms in total. The first-order valence-corrected chi connectivity index (χ1v) is 11.0. The van der Waals surface area contributed by atoms with Gasteiger partial charge in [-0.05, 0) is 51.5 Å². The summed E-state index contributed by atoms with van der Waals surface area (Å²) in [5.74, 6) is -0.165. The molecule has 1 aliphatic rings. The van der Waals surface area contributed by atoms with Crippen molar-refractivity contribution in [2.45, 2.75) is 51.7 Å². The van der Waals surface area contributed by atoms with Gasteiger partial charge in [0.25, 0.3) is 5.91 Å². The summed E-state index contributed by atoms with van der Waals surface area (Å²) in [6.07, 6.45) is -9.01. The highest BCUT2D eigenvalue weighted by Crippen LogP contribution is 2.35. The number of halogens is 4. The molecule has 1 fully saturated rings. The van der Waals surface area contributed by atoms with Gasteiger partial charge < -0.3 is 19.7 Å². The maximum Gasteiger partial charge on any atom is 0.416 e. The largest absolute Gasteiger partial charge is 0.444 e. The number of hydrogen-bond donors (Lipinski definition) is 1. The first-order valence-electron chi connectivity index (χ1n) is 10.6. The van der Waals surface area contributed by atoms with Gasteiger partial charge in [-0.25, -0.2) is 19.7 Å². The maximum absolute atomic E-state index is 13.6. The van der Waals surface area contributed by atoms with Crippen LogP contribution in [0.2, 0.25) is 5.15 Å². The summed E-state index contributed by atoms with van der Waals surface area (Å²) in [6, 6.07) is 4.20. The van der Waals surface area contributed by atoms with Gasteiger partial charge in [0.2, 0.25) is 0 Å². The first-order chi connectivity index (χ1) is 16.2. The number of rotatable bonds is 3. The minimum Gasteiger partial charge on any atom is -0.444 e. The van der Waals surface area contributed by atoms with Gasteiger partial charge in [0.1, 0.15) is 28.4 Å². The molecule has 2 atom stereocenters. The lowest BCUT2D eigenvalue weighted by atomic mass is 10.1. The van der Waals surface area contributed by atoms with Crippen LogP contribution in [0.4, 0.5) is 18.0 Å². The fraction of sp³-hybridized carbons (Fsp3) is 0.500. The van der Waals surface area contributed by atoms with E-state index in [-0.39, 0.29) is 40.2 Å². The fourth-order valence-corrected chi connectivity index (χ4v) is 3.59. The molecule has 0 bridgehead atoms. The van der Waals surface area contributed by atoms with Crippen molar-refractivity contribution in [2.75, 3.05) is 20.1 Å². The standard InChI is InChI=1S/C22H25ClF3N5O4/c1-11-28-14(8-15(29-11)19(32)27-5)13-6-12(7-18(23)30-13)16-9-31(20(33)35-21(2,3)4)10-17(34-16)22(24,25)26/h6-8,16-17H,9-10H2,1-5H3,(H,27,32). The van der Waals surface area contributed by atoms with Crippen LogP contribution in [0.25, 0.3) is 11.4 Å². The number of aromatic nitrogens is 3. The Bertz CT molecular complexity index is 1120. The number of aryl methyl sites for hydroxylation is 1. The summed E-state index contributed by atoms with van der Waals surface area (Å²) in [5.41, 5.74) is -0.114. The second-order valence-electron chi connectivity index (χ2n) is 8.91. The minimum absolute atomic E-state index is 0.0307. The van der Waals surface area contributed by atoms with Gasteiger partial charge in [0.05, 0.1) is 24.5 Å². The molecule has 3 heterocycles. The van der Waals surface area contributed by atoms with E-state index in [0.717, 1.165) is 4.90 Å². The molecule has 2 aromatic rings. The molecule has 3 rings (SSSR count). The Labute approximate surface area is 205 Å². The average molecular weight is 516 g/mol. The molecule has 1 saturated heterocycles. The lowest BCUT2D eigenvalue weighted by Crippen LogP contribution is -2.53. The van der Waals surface area contributed by atoms with Crippen molar-refractivity contribution in [3.05, 3.63) is 40.4 Å². The number of morpholine rings is 1. The van der Waals surface area contributed by atoms with Gasteiger partial charge in [-0.1, -0.05) is 11.6 Å². The molecule has 0 saturated carbocycles. The highest BCUT2D eigenvalue weighted by Gasteiger charge is 2.47. The number of ether oxygens (including phenoxy) is 2. The number of nitrogens with zero attached hydrogens (tertiary/aromatic N) is 4. The lowest BCUT2D eigenvalue weighted by molar-refractivity contribution is -0.252. The Hall–Kier alpha value is -2.99. The molecule has 190 valence electrons. The fourth-order valence-electron chi connectivity index (χ4n) is 3.38. The van der Waals surface area contributed by atoms with Gasteiger partial charge in [-0.3, -0.25) is 4.79 Å². The van der Waals surface area contributed by atoms with Crippen molar-refractivity contribution in [3.8, 4) is 11.4 Å². The van der Waals surface area contributed by atoms with Crippen molar-refractivity contribution in [1.82, 2.24) is 25.2 Å². The molecule has 2 aromatic heterocycles. The number of carbonyl (C=O) groups is 2. The zero-order valence-electron chi connectivity index (χ0n) is 19.7. The molecule has 0 aliphatic carbocycles. The molecule has 13 heteroatoms. The highest BCUT2D eigenvalue weighted by molar-refractivity contribution is 6.29. The summed E-state index contributed by atoms with van der Waals surface area (Å²) in [4.78, 5) is 38.1. The van der Waals surface area contributed by atoms with Crippen molar-refractivity contribution < 1.29 is 32.2 Å². The quantitative estimate of drug-likeness (QED) is 0.613. The zero-order valence-corrected chi connectivity index (χ0v) is 20.5. The van der Waals surface area contributed by atoms with E-state index in [1.165, 1.54) is 25.2 Å². The molecule has 35 heavy (non-hydrogen) atoms. The van der Waals surface area contributed by atoms with Crippen LogP contribution in [-0.2, 0) is 9.47 Å². The number of alkyl halides is 3. The average Bonchev–Trinajstić information content (AvgIpc) is 2.75. The van der Waals surface area contributed by atoms with Crippen LogP contribution in [0, 0.1) is 6.92 Å². The number of hydrogen-bond acceptors (Lipinski definition) is 7. The van der Waals surface area contributed by atoms with Gasteiger partial charge >= 0.3 is 12.3 Å². The second kappa shape index (κ2) is 9.94. The normalized spacial score (nSPS) is 18.8. The summed E-state index contributed by atoms with van der Waals surface area (Å²) >= 11 is 6.18. The van der Waals surface area contributed by atoms with E-state index >= 15 is 0 Å². The van der Waals surface area contributed by atoms with E-state index in [2.05, 4.69) is 20.3 Å². The summed E-state index contributed by atoms with van der Waals surface area (Å²) in [5, 5.41) is 2.43. The second-order valence-corrected chi connectivity index (χ2v) is 9.30. The molecule has 2 amide bonds. The Morgan fingerprint density at radius 1 is 1.11 bits per heavy atom. The molecular formula is C22H25ClF3N5O4. The lowest BCUT2D eigenvalue weighted by Gasteiger charge is -2.39. The Morgan fingerprint density at radius 2 is 1.77 bits per heavy atom. The van der Waals surface area contributed by atoms with Crippen LogP contribution in [-0.4, -0.2) is 69.9 Å². The predicted molar refractivity (Wildman–Crippen MR) is 120 cm³/mol. The van der Waals surface area contributed by atoms with Crippen molar-refractivity contribution in [2.24, 2.45) is 0 Å². The number of amides is 2. The minimum atomic E-state index is -4.72. The molecular weight excluding hydrogens is 491 g/mol. The summed E-state index contributed by atoms with van der Waals surface area (Å²) in [7, 11) is 1.45. The number of pyridine rings is 1. The van der Waals surface area contributed by atoms with E-state index in [1.807, 2.05) is 0 Å². The molecule has 2 unspecified atom stereocenters. The van der Waals surface area contributed by atoms with Gasteiger partial charge in [-0.2, -0.15) is 13.2 Å². The van der Waals surface area contributed by atoms with Crippen LogP contribution >= 0.6 is 11.6 Å². The monoisotopic (exact) mass is 515 g/mol. The smallest absolute Gasteiger partial charge is 0.416 e. The van der Waals surface area contributed by atoms with Gasteiger partial charge in [0, 0.05) is 7.05 Å². The maximum atomic E-state index is 13.6. The number of carbonyl (C=O) groups excluding carboxylic acids is 2. The van der Waals surface area contributed by atoms with Crippen LogP contribution in [0.3, 0.4) is 0 Å². The SMILES string of the molecule is CNC(=O)c1cc(-c2cc(C3CN(C(=O)OC(C)(C)C)CC(C(F)(F)F)O3)cc(Cl)n2)nc(C)n1. The van der Waals surface area contributed by atoms with E-state index in [4.69, 9.17) is 21.1 Å². The van der Waals surface area contributed by atoms with Gasteiger partial charge in [0.15, 0.2) is 6.10 Å². The van der Waals surface area contributed by atoms with E-state index in [9.17, 15) is 22.8 Å². The third kappa shape index (κ3) is 6.79. The van der Waals surface area contributed by atoms with E-state index < -0.39 is 42.5 Å².